The molecule has 4 rings (SSSR count). The Kier molecular flexibility index (Phi) is 6.11. The molecule has 3 aromatic rings. The van der Waals surface area contributed by atoms with Gasteiger partial charge in [-0.15, -0.1) is 0 Å². The van der Waals surface area contributed by atoms with Crippen molar-refractivity contribution in [3.8, 4) is 5.75 Å². The van der Waals surface area contributed by atoms with E-state index in [-0.39, 0.29) is 4.90 Å². The number of hydrogen-bond donors (Lipinski definition) is 2. The molecule has 0 amide bonds. The van der Waals surface area contributed by atoms with Gasteiger partial charge in [0.2, 0.25) is 0 Å². The molecular formula is C23H23N3O3S2. The van der Waals surface area contributed by atoms with Crippen LogP contribution in [-0.4, -0.2) is 27.2 Å². The molecule has 0 radical (unpaired) electrons. The van der Waals surface area contributed by atoms with Crippen LogP contribution in [-0.2, 0) is 16.4 Å². The highest BCUT2D eigenvalue weighted by atomic mass is 32.2. The predicted octanol–water partition coefficient (Wildman–Crippen LogP) is 4.65. The van der Waals surface area contributed by atoms with Crippen LogP contribution >= 0.6 is 12.2 Å². The summed E-state index contributed by atoms with van der Waals surface area (Å²) in [7, 11) is -2.03. The fourth-order valence-corrected chi connectivity index (χ4v) is 5.36. The van der Waals surface area contributed by atoms with Gasteiger partial charge in [0, 0.05) is 24.0 Å². The first-order chi connectivity index (χ1) is 15.0. The molecule has 3 aromatic carbocycles. The first-order valence-corrected chi connectivity index (χ1v) is 11.7. The molecule has 0 saturated heterocycles. The van der Waals surface area contributed by atoms with E-state index < -0.39 is 10.0 Å². The van der Waals surface area contributed by atoms with Crippen LogP contribution in [0.2, 0.25) is 0 Å². The lowest BCUT2D eigenvalue weighted by Crippen LogP contribution is -2.35. The van der Waals surface area contributed by atoms with Crippen molar-refractivity contribution in [2.24, 2.45) is 0 Å². The van der Waals surface area contributed by atoms with Gasteiger partial charge in [-0.05, 0) is 73.1 Å². The van der Waals surface area contributed by atoms with Gasteiger partial charge >= 0.3 is 0 Å². The first kappa shape index (κ1) is 21.1. The van der Waals surface area contributed by atoms with Crippen molar-refractivity contribution < 1.29 is 13.2 Å². The van der Waals surface area contributed by atoms with Gasteiger partial charge in [-0.3, -0.25) is 4.31 Å². The summed E-state index contributed by atoms with van der Waals surface area (Å²) in [4.78, 5) is 0.251. The maximum atomic E-state index is 13.2. The second-order valence-corrected chi connectivity index (χ2v) is 9.42. The number of rotatable bonds is 5. The molecule has 31 heavy (non-hydrogen) atoms. The number of anilines is 3. The average Bonchev–Trinajstić information content (AvgIpc) is 2.79. The lowest BCUT2D eigenvalue weighted by atomic mass is 10.0. The van der Waals surface area contributed by atoms with Gasteiger partial charge in [0.15, 0.2) is 5.11 Å². The summed E-state index contributed by atoms with van der Waals surface area (Å²) in [5.41, 5.74) is 3.31. The van der Waals surface area contributed by atoms with Crippen molar-refractivity contribution in [1.29, 1.82) is 0 Å². The van der Waals surface area contributed by atoms with Crippen molar-refractivity contribution in [3.05, 3.63) is 78.4 Å². The molecule has 8 heteroatoms. The minimum atomic E-state index is -3.63. The molecule has 0 aromatic heterocycles. The van der Waals surface area contributed by atoms with Gasteiger partial charge in [0.25, 0.3) is 10.0 Å². The second kappa shape index (κ2) is 8.95. The third-order valence-corrected chi connectivity index (χ3v) is 7.13. The minimum Gasteiger partial charge on any atom is -0.497 e. The molecule has 0 saturated carbocycles. The van der Waals surface area contributed by atoms with E-state index in [9.17, 15) is 8.42 Å². The van der Waals surface area contributed by atoms with E-state index in [0.717, 1.165) is 35.5 Å². The summed E-state index contributed by atoms with van der Waals surface area (Å²) < 4.78 is 33.2. The summed E-state index contributed by atoms with van der Waals surface area (Å²) in [6.07, 6.45) is 1.70. The number of methoxy groups -OCH3 is 1. The van der Waals surface area contributed by atoms with Gasteiger partial charge in [0.05, 0.1) is 17.7 Å². The number of nitrogens with zero attached hydrogens (tertiary/aromatic N) is 1. The van der Waals surface area contributed by atoms with Gasteiger partial charge in [-0.1, -0.05) is 24.3 Å². The highest BCUT2D eigenvalue weighted by molar-refractivity contribution is 7.92. The van der Waals surface area contributed by atoms with E-state index in [0.29, 0.717) is 17.3 Å². The van der Waals surface area contributed by atoms with Crippen LogP contribution < -0.4 is 19.7 Å². The van der Waals surface area contributed by atoms with E-state index in [4.69, 9.17) is 17.0 Å². The highest BCUT2D eigenvalue weighted by Crippen LogP contribution is 2.32. The van der Waals surface area contributed by atoms with E-state index in [1.54, 1.807) is 31.4 Å². The average molecular weight is 454 g/mol. The Balaban J connectivity index is 1.47. The lowest BCUT2D eigenvalue weighted by molar-refractivity contribution is 0.415. The monoisotopic (exact) mass is 453 g/mol. The Morgan fingerprint density at radius 1 is 0.968 bits per heavy atom. The lowest BCUT2D eigenvalue weighted by Gasteiger charge is -2.30. The fourth-order valence-electron chi connectivity index (χ4n) is 3.58. The molecule has 0 aliphatic carbocycles. The molecule has 0 unspecified atom stereocenters. The number of thiocarbonyl (C=S) groups is 1. The van der Waals surface area contributed by atoms with E-state index >= 15 is 0 Å². The van der Waals surface area contributed by atoms with Gasteiger partial charge in [-0.25, -0.2) is 8.42 Å². The fraction of sp³-hybridized carbons (Fsp3) is 0.174. The quantitative estimate of drug-likeness (QED) is 0.548. The van der Waals surface area contributed by atoms with Crippen LogP contribution in [0.15, 0.2) is 77.7 Å². The zero-order valence-electron chi connectivity index (χ0n) is 17.0. The number of nitrogens with one attached hydrogen (secondary N) is 2. The number of sulfonamides is 1. The highest BCUT2D eigenvalue weighted by Gasteiger charge is 2.28. The molecule has 1 heterocycles. The maximum absolute atomic E-state index is 13.2. The predicted molar refractivity (Wildman–Crippen MR) is 129 cm³/mol. The van der Waals surface area contributed by atoms with Crippen LogP contribution in [0.3, 0.4) is 0 Å². The molecule has 0 bridgehead atoms. The van der Waals surface area contributed by atoms with E-state index in [1.807, 2.05) is 48.5 Å². The Morgan fingerprint density at radius 3 is 2.48 bits per heavy atom. The van der Waals surface area contributed by atoms with Gasteiger partial charge in [-0.2, -0.15) is 0 Å². The van der Waals surface area contributed by atoms with Crippen LogP contribution in [0.1, 0.15) is 12.0 Å². The third-order valence-electron chi connectivity index (χ3n) is 5.10. The van der Waals surface area contributed by atoms with E-state index in [2.05, 4.69) is 10.6 Å². The largest absolute Gasteiger partial charge is 0.497 e. The van der Waals surface area contributed by atoms with Gasteiger partial charge < -0.3 is 15.4 Å². The normalized spacial score (nSPS) is 13.3. The minimum absolute atomic E-state index is 0.251. The summed E-state index contributed by atoms with van der Waals surface area (Å²) >= 11 is 5.36. The topological polar surface area (TPSA) is 70.7 Å². The maximum Gasteiger partial charge on any atom is 0.264 e. The van der Waals surface area contributed by atoms with Crippen LogP contribution in [0, 0.1) is 0 Å². The smallest absolute Gasteiger partial charge is 0.264 e. The van der Waals surface area contributed by atoms with Crippen molar-refractivity contribution in [3.63, 3.8) is 0 Å². The third kappa shape index (κ3) is 4.65. The Labute approximate surface area is 187 Å². The van der Waals surface area contributed by atoms with Crippen molar-refractivity contribution in [1.82, 2.24) is 0 Å². The standard InChI is InChI=1S/C23H23N3O3S2/c1-29-20-9-4-8-19(16-20)25-23(30)24-18-11-13-21(14-12-18)31(27,28)26-15-5-7-17-6-2-3-10-22(17)26/h2-4,6,8-14,16H,5,7,15H2,1H3,(H2,24,25,30). The Morgan fingerprint density at radius 2 is 1.71 bits per heavy atom. The molecule has 0 spiro atoms. The zero-order chi connectivity index (χ0) is 21.8. The van der Waals surface area contributed by atoms with Crippen molar-refractivity contribution in [2.75, 3.05) is 28.6 Å². The number of ether oxygens (including phenoxy) is 1. The van der Waals surface area contributed by atoms with Crippen LogP contribution in [0.4, 0.5) is 17.1 Å². The van der Waals surface area contributed by atoms with Crippen molar-refractivity contribution >= 4 is 44.4 Å². The number of hydrogen-bond acceptors (Lipinski definition) is 4. The number of fused-ring (bicyclic) bond motifs is 1. The molecule has 1 aliphatic heterocycles. The molecule has 0 fully saturated rings. The molecule has 160 valence electrons. The second-order valence-electron chi connectivity index (χ2n) is 7.14. The molecule has 0 atom stereocenters. The van der Waals surface area contributed by atoms with E-state index in [1.165, 1.54) is 4.31 Å². The summed E-state index contributed by atoms with van der Waals surface area (Å²) in [6, 6.07) is 21.7. The first-order valence-electron chi connectivity index (χ1n) is 9.90. The number of aryl methyl sites for hydroxylation is 1. The molecular weight excluding hydrogens is 430 g/mol. The molecule has 1 aliphatic rings. The van der Waals surface area contributed by atoms with Crippen LogP contribution in [0.25, 0.3) is 0 Å². The van der Waals surface area contributed by atoms with Crippen LogP contribution in [0.5, 0.6) is 5.75 Å². The van der Waals surface area contributed by atoms with Crippen molar-refractivity contribution in [2.45, 2.75) is 17.7 Å². The van der Waals surface area contributed by atoms with Gasteiger partial charge in [0.1, 0.15) is 5.75 Å². The molecule has 2 N–H and O–H groups in total. The molecule has 6 nitrogen and oxygen atoms in total. The Bertz CT molecular complexity index is 1190. The summed E-state index contributed by atoms with van der Waals surface area (Å²) in [5.74, 6) is 0.724. The SMILES string of the molecule is COc1cccc(NC(=S)Nc2ccc(S(=O)(=O)N3CCCc4ccccc43)cc2)c1. The number of para-hydroxylation sites is 1. The zero-order valence-corrected chi connectivity index (χ0v) is 18.7. The summed E-state index contributed by atoms with van der Waals surface area (Å²) in [5, 5.41) is 6.56. The number of benzene rings is 3. The Hall–Kier alpha value is -3.10. The summed E-state index contributed by atoms with van der Waals surface area (Å²) in [6.45, 7) is 0.480.